The number of carbonyl (C=O) groups is 2. The summed E-state index contributed by atoms with van der Waals surface area (Å²) in [6.45, 7) is 4.26. The third-order valence-electron chi connectivity index (χ3n) is 2.11. The van der Waals surface area contributed by atoms with E-state index >= 15 is 0 Å². The van der Waals surface area contributed by atoms with Crippen LogP contribution in [0.15, 0.2) is 24.3 Å². The van der Waals surface area contributed by atoms with E-state index in [1.165, 1.54) is 24.3 Å². The maximum absolute atomic E-state index is 11.5. The topological polar surface area (TPSA) is 66.4 Å². The van der Waals surface area contributed by atoms with E-state index in [4.69, 9.17) is 5.11 Å². The van der Waals surface area contributed by atoms with Gasteiger partial charge in [0.15, 0.2) is 0 Å². The van der Waals surface area contributed by atoms with Crippen LogP contribution in [0.1, 0.15) is 33.6 Å². The molecule has 0 bridgehead atoms. The molecule has 85 valence electrons. The second-order valence-electron chi connectivity index (χ2n) is 3.35. The van der Waals surface area contributed by atoms with Gasteiger partial charge in [0.25, 0.3) is 5.91 Å². The number of unbranched alkanes of at least 4 members (excludes halogenated alkanes) is 1. The first-order valence-electron chi connectivity index (χ1n) is 5.06. The number of aromatic carboxylic acids is 1. The Kier molecular flexibility index (Phi) is 4.51. The number of benzene rings is 1. The Balaban J connectivity index is 2.59. The smallest absolute Gasteiger partial charge is 0.335 e. The molecule has 1 aromatic rings. The fourth-order valence-corrected chi connectivity index (χ4v) is 1.19. The average molecular weight is 220 g/mol. The summed E-state index contributed by atoms with van der Waals surface area (Å²) >= 11 is 0. The van der Waals surface area contributed by atoms with E-state index < -0.39 is 5.97 Å². The maximum atomic E-state index is 11.5. The van der Waals surface area contributed by atoms with E-state index in [0.29, 0.717) is 12.1 Å². The molecule has 4 heteroatoms. The summed E-state index contributed by atoms with van der Waals surface area (Å²) in [5.74, 6) is -1.19. The Bertz CT molecular complexity index is 370. The van der Waals surface area contributed by atoms with Crippen molar-refractivity contribution in [2.24, 2.45) is 0 Å². The molecule has 1 radical (unpaired) electrons. The molecule has 4 nitrogen and oxygen atoms in total. The van der Waals surface area contributed by atoms with Crippen LogP contribution in [0.5, 0.6) is 0 Å². The molecular formula is C12H14NO3. The quantitative estimate of drug-likeness (QED) is 0.742. The van der Waals surface area contributed by atoms with E-state index in [2.05, 4.69) is 12.2 Å². The number of hydrogen-bond acceptors (Lipinski definition) is 2. The molecule has 0 saturated carbocycles. The van der Waals surface area contributed by atoms with Crippen LogP contribution < -0.4 is 5.32 Å². The van der Waals surface area contributed by atoms with Gasteiger partial charge in [-0.25, -0.2) is 4.79 Å². The lowest BCUT2D eigenvalue weighted by atomic mass is 10.1. The van der Waals surface area contributed by atoms with Crippen LogP contribution in [0.25, 0.3) is 0 Å². The monoisotopic (exact) mass is 220 g/mol. The fourth-order valence-electron chi connectivity index (χ4n) is 1.19. The van der Waals surface area contributed by atoms with Gasteiger partial charge in [0.1, 0.15) is 0 Å². The highest BCUT2D eigenvalue weighted by Crippen LogP contribution is 2.04. The minimum atomic E-state index is -0.996. The highest BCUT2D eigenvalue weighted by atomic mass is 16.4. The molecule has 0 aromatic heterocycles. The molecule has 16 heavy (non-hydrogen) atoms. The van der Waals surface area contributed by atoms with Gasteiger partial charge in [0.05, 0.1) is 5.56 Å². The number of amides is 1. The Morgan fingerprint density at radius 3 is 2.25 bits per heavy atom. The summed E-state index contributed by atoms with van der Waals surface area (Å²) in [6, 6.07) is 5.84. The van der Waals surface area contributed by atoms with Gasteiger partial charge in [0, 0.05) is 12.1 Å². The van der Waals surface area contributed by atoms with E-state index in [1.807, 2.05) is 0 Å². The van der Waals surface area contributed by atoms with Crippen LogP contribution in [-0.2, 0) is 0 Å². The number of carboxylic acids is 1. The minimum Gasteiger partial charge on any atom is -0.478 e. The zero-order chi connectivity index (χ0) is 12.0. The van der Waals surface area contributed by atoms with Crippen molar-refractivity contribution in [1.29, 1.82) is 0 Å². The van der Waals surface area contributed by atoms with E-state index in [-0.39, 0.29) is 11.5 Å². The SMILES string of the molecule is [CH2]CCCNC(=O)c1ccc(C(=O)O)cc1. The van der Waals surface area contributed by atoms with Crippen molar-refractivity contribution in [3.8, 4) is 0 Å². The number of carboxylic acid groups (broad SMARTS) is 1. The highest BCUT2D eigenvalue weighted by Gasteiger charge is 2.06. The lowest BCUT2D eigenvalue weighted by Gasteiger charge is -2.04. The summed E-state index contributed by atoms with van der Waals surface area (Å²) < 4.78 is 0. The molecule has 2 N–H and O–H groups in total. The summed E-state index contributed by atoms with van der Waals surface area (Å²) in [5, 5.41) is 11.4. The summed E-state index contributed by atoms with van der Waals surface area (Å²) in [7, 11) is 0. The molecule has 1 amide bonds. The van der Waals surface area contributed by atoms with Crippen LogP contribution >= 0.6 is 0 Å². The van der Waals surface area contributed by atoms with Crippen molar-refractivity contribution in [2.45, 2.75) is 12.8 Å². The van der Waals surface area contributed by atoms with Gasteiger partial charge < -0.3 is 10.4 Å². The Morgan fingerprint density at radius 1 is 1.19 bits per heavy atom. The first kappa shape index (κ1) is 12.2. The molecule has 1 rings (SSSR count). The van der Waals surface area contributed by atoms with Gasteiger partial charge in [-0.3, -0.25) is 4.79 Å². The molecule has 0 saturated heterocycles. The van der Waals surface area contributed by atoms with Crippen LogP contribution in [0.2, 0.25) is 0 Å². The summed E-state index contributed by atoms with van der Waals surface area (Å²) in [5.41, 5.74) is 0.642. The van der Waals surface area contributed by atoms with E-state index in [1.54, 1.807) is 0 Å². The Labute approximate surface area is 94.3 Å². The molecule has 0 aliphatic heterocycles. The Hall–Kier alpha value is -1.84. The lowest BCUT2D eigenvalue weighted by Crippen LogP contribution is -2.24. The van der Waals surface area contributed by atoms with Crippen molar-refractivity contribution in [3.05, 3.63) is 42.3 Å². The average Bonchev–Trinajstić information content (AvgIpc) is 2.29. The zero-order valence-corrected chi connectivity index (χ0v) is 8.90. The van der Waals surface area contributed by atoms with Crippen molar-refractivity contribution < 1.29 is 14.7 Å². The minimum absolute atomic E-state index is 0.175. The van der Waals surface area contributed by atoms with Crippen molar-refractivity contribution in [3.63, 3.8) is 0 Å². The van der Waals surface area contributed by atoms with Crippen LogP contribution in [0.4, 0.5) is 0 Å². The second-order valence-corrected chi connectivity index (χ2v) is 3.35. The highest BCUT2D eigenvalue weighted by molar-refractivity contribution is 5.95. The second kappa shape index (κ2) is 5.90. The first-order valence-corrected chi connectivity index (χ1v) is 5.06. The van der Waals surface area contributed by atoms with Gasteiger partial charge in [-0.2, -0.15) is 0 Å². The van der Waals surface area contributed by atoms with Gasteiger partial charge in [-0.1, -0.05) is 13.3 Å². The summed E-state index contributed by atoms with van der Waals surface area (Å²) in [6.07, 6.45) is 1.61. The van der Waals surface area contributed by atoms with Crippen LogP contribution in [0.3, 0.4) is 0 Å². The number of rotatable bonds is 5. The molecule has 0 atom stereocenters. The maximum Gasteiger partial charge on any atom is 0.335 e. The van der Waals surface area contributed by atoms with Gasteiger partial charge in [-0.15, -0.1) is 0 Å². The fraction of sp³-hybridized carbons (Fsp3) is 0.250. The number of carbonyl (C=O) groups excluding carboxylic acids is 1. The predicted octanol–water partition coefficient (Wildman–Crippen LogP) is 1.73. The van der Waals surface area contributed by atoms with Crippen molar-refractivity contribution >= 4 is 11.9 Å². The third-order valence-corrected chi connectivity index (χ3v) is 2.11. The number of nitrogens with one attached hydrogen (secondary N) is 1. The van der Waals surface area contributed by atoms with Crippen molar-refractivity contribution in [1.82, 2.24) is 5.32 Å². The standard InChI is InChI=1S/C12H14NO3/c1-2-3-8-13-11(14)9-4-6-10(7-5-9)12(15)16/h4-7H,1-3,8H2,(H,13,14)(H,15,16). The molecule has 0 aliphatic rings. The molecule has 1 aromatic carbocycles. The van der Waals surface area contributed by atoms with E-state index in [9.17, 15) is 9.59 Å². The molecule has 0 spiro atoms. The normalized spacial score (nSPS) is 9.81. The molecular weight excluding hydrogens is 206 g/mol. The van der Waals surface area contributed by atoms with Crippen LogP contribution in [0, 0.1) is 6.92 Å². The third kappa shape index (κ3) is 3.38. The van der Waals surface area contributed by atoms with Crippen LogP contribution in [-0.4, -0.2) is 23.5 Å². The molecule has 0 heterocycles. The zero-order valence-electron chi connectivity index (χ0n) is 8.90. The first-order chi connectivity index (χ1) is 7.65. The molecule has 0 aliphatic carbocycles. The Morgan fingerprint density at radius 2 is 1.75 bits per heavy atom. The molecule has 0 fully saturated rings. The van der Waals surface area contributed by atoms with Crippen molar-refractivity contribution in [2.75, 3.05) is 6.54 Å². The van der Waals surface area contributed by atoms with Gasteiger partial charge >= 0.3 is 5.97 Å². The van der Waals surface area contributed by atoms with E-state index in [0.717, 1.165) is 12.8 Å². The van der Waals surface area contributed by atoms with Gasteiger partial charge in [0.2, 0.25) is 0 Å². The van der Waals surface area contributed by atoms with Gasteiger partial charge in [-0.05, 0) is 30.7 Å². The molecule has 0 unspecified atom stereocenters. The predicted molar refractivity (Wildman–Crippen MR) is 60.3 cm³/mol. The summed E-state index contributed by atoms with van der Waals surface area (Å²) in [4.78, 5) is 22.1. The number of hydrogen-bond donors (Lipinski definition) is 2. The lowest BCUT2D eigenvalue weighted by molar-refractivity contribution is 0.0696. The largest absolute Gasteiger partial charge is 0.478 e.